The van der Waals surface area contributed by atoms with E-state index in [0.717, 1.165) is 4.47 Å². The van der Waals surface area contributed by atoms with Crippen molar-refractivity contribution in [3.63, 3.8) is 0 Å². The molecular formula is C20H15BrN4O2. The molecule has 0 unspecified atom stereocenters. The third-order valence-corrected chi connectivity index (χ3v) is 4.01. The molecule has 2 aromatic heterocycles. The number of carbonyl (C=O) groups is 2. The first-order valence-electron chi connectivity index (χ1n) is 8.02. The van der Waals surface area contributed by atoms with Crippen molar-refractivity contribution >= 4 is 39.5 Å². The number of benzene rings is 1. The number of anilines is 1. The van der Waals surface area contributed by atoms with E-state index in [1.165, 1.54) is 0 Å². The number of halogens is 1. The molecule has 6 nitrogen and oxygen atoms in total. The van der Waals surface area contributed by atoms with E-state index in [-0.39, 0.29) is 5.70 Å². The van der Waals surface area contributed by atoms with Gasteiger partial charge in [0.25, 0.3) is 11.8 Å². The molecule has 2 heterocycles. The van der Waals surface area contributed by atoms with Crippen LogP contribution in [0.5, 0.6) is 0 Å². The monoisotopic (exact) mass is 422 g/mol. The first-order chi connectivity index (χ1) is 13.1. The molecular weight excluding hydrogens is 408 g/mol. The van der Waals surface area contributed by atoms with Crippen molar-refractivity contribution in [2.24, 2.45) is 0 Å². The van der Waals surface area contributed by atoms with Crippen molar-refractivity contribution in [2.75, 3.05) is 5.32 Å². The van der Waals surface area contributed by atoms with E-state index in [1.54, 1.807) is 73.3 Å². The van der Waals surface area contributed by atoms with E-state index in [2.05, 4.69) is 36.5 Å². The van der Waals surface area contributed by atoms with Gasteiger partial charge < -0.3 is 10.6 Å². The Labute approximate surface area is 164 Å². The summed E-state index contributed by atoms with van der Waals surface area (Å²) in [7, 11) is 0. The first-order valence-corrected chi connectivity index (χ1v) is 8.81. The smallest absolute Gasteiger partial charge is 0.272 e. The molecule has 0 bridgehead atoms. The maximum atomic E-state index is 12.7. The summed E-state index contributed by atoms with van der Waals surface area (Å²) in [6.45, 7) is 0. The minimum absolute atomic E-state index is 0.102. The van der Waals surface area contributed by atoms with Crippen LogP contribution in [0.25, 0.3) is 6.08 Å². The standard InChI is InChI=1S/C20H15BrN4O2/c21-16-5-1-4-15(12-16)19(26)25-18(11-14-3-2-8-23-13-14)20(27)24-17-6-9-22-10-7-17/h1-13H,(H,25,26)(H,22,24,27). The quantitative estimate of drug-likeness (QED) is 0.614. The third-order valence-electron chi connectivity index (χ3n) is 3.51. The predicted octanol–water partition coefficient (Wildman–Crippen LogP) is 3.65. The van der Waals surface area contributed by atoms with Crippen molar-refractivity contribution in [1.82, 2.24) is 15.3 Å². The molecule has 0 saturated carbocycles. The van der Waals surface area contributed by atoms with Gasteiger partial charge in [-0.1, -0.05) is 28.1 Å². The minimum Gasteiger partial charge on any atom is -0.321 e. The number of aromatic nitrogens is 2. The molecule has 0 saturated heterocycles. The zero-order valence-electron chi connectivity index (χ0n) is 14.1. The maximum Gasteiger partial charge on any atom is 0.272 e. The molecule has 0 fully saturated rings. The third kappa shape index (κ3) is 5.32. The van der Waals surface area contributed by atoms with Gasteiger partial charge in [-0.25, -0.2) is 0 Å². The van der Waals surface area contributed by atoms with Gasteiger partial charge in [-0.05, 0) is 48.0 Å². The van der Waals surface area contributed by atoms with Crippen LogP contribution in [0.2, 0.25) is 0 Å². The average Bonchev–Trinajstić information content (AvgIpc) is 2.69. The Balaban J connectivity index is 1.86. The van der Waals surface area contributed by atoms with Crippen molar-refractivity contribution < 1.29 is 9.59 Å². The molecule has 0 atom stereocenters. The number of pyridine rings is 2. The summed E-state index contributed by atoms with van der Waals surface area (Å²) < 4.78 is 0.772. The molecule has 27 heavy (non-hydrogen) atoms. The molecule has 0 aliphatic heterocycles. The van der Waals surface area contributed by atoms with Gasteiger partial charge in [0.1, 0.15) is 5.70 Å². The predicted molar refractivity (Wildman–Crippen MR) is 107 cm³/mol. The van der Waals surface area contributed by atoms with Gasteiger partial charge in [-0.2, -0.15) is 0 Å². The molecule has 134 valence electrons. The average molecular weight is 423 g/mol. The van der Waals surface area contributed by atoms with Crippen molar-refractivity contribution in [3.8, 4) is 0 Å². The van der Waals surface area contributed by atoms with Crippen molar-refractivity contribution in [3.05, 3.63) is 94.6 Å². The van der Waals surface area contributed by atoms with E-state index in [9.17, 15) is 9.59 Å². The van der Waals surface area contributed by atoms with Crippen LogP contribution in [0, 0.1) is 0 Å². The second kappa shape index (κ2) is 8.86. The lowest BCUT2D eigenvalue weighted by Crippen LogP contribution is -2.30. The van der Waals surface area contributed by atoms with Crippen LogP contribution in [0.1, 0.15) is 15.9 Å². The summed E-state index contributed by atoms with van der Waals surface area (Å²) in [5.41, 5.74) is 1.79. The Hall–Kier alpha value is -3.32. The lowest BCUT2D eigenvalue weighted by molar-refractivity contribution is -0.113. The summed E-state index contributed by atoms with van der Waals surface area (Å²) in [5, 5.41) is 5.41. The molecule has 3 rings (SSSR count). The Bertz CT molecular complexity index is 976. The SMILES string of the molecule is O=C(Nc1ccncc1)C(=Cc1cccnc1)NC(=O)c1cccc(Br)c1. The number of hydrogen-bond acceptors (Lipinski definition) is 4. The van der Waals surface area contributed by atoms with Crippen LogP contribution in [-0.4, -0.2) is 21.8 Å². The van der Waals surface area contributed by atoms with E-state index >= 15 is 0 Å². The first kappa shape index (κ1) is 18.5. The second-order valence-electron chi connectivity index (χ2n) is 5.50. The zero-order chi connectivity index (χ0) is 19.1. The molecule has 0 radical (unpaired) electrons. The maximum absolute atomic E-state index is 12.7. The molecule has 2 amide bonds. The molecule has 7 heteroatoms. The second-order valence-corrected chi connectivity index (χ2v) is 6.41. The topological polar surface area (TPSA) is 84.0 Å². The van der Waals surface area contributed by atoms with Crippen molar-refractivity contribution in [1.29, 1.82) is 0 Å². The largest absolute Gasteiger partial charge is 0.321 e. The van der Waals surface area contributed by atoms with Crippen LogP contribution >= 0.6 is 15.9 Å². The molecule has 1 aromatic carbocycles. The van der Waals surface area contributed by atoms with Gasteiger partial charge in [-0.15, -0.1) is 0 Å². The van der Waals surface area contributed by atoms with Crippen LogP contribution < -0.4 is 10.6 Å². The highest BCUT2D eigenvalue weighted by Crippen LogP contribution is 2.13. The van der Waals surface area contributed by atoms with Gasteiger partial charge in [0.05, 0.1) is 0 Å². The fourth-order valence-corrected chi connectivity index (χ4v) is 2.64. The summed E-state index contributed by atoms with van der Waals surface area (Å²) in [5.74, 6) is -0.843. The van der Waals surface area contributed by atoms with Crippen molar-refractivity contribution in [2.45, 2.75) is 0 Å². The highest BCUT2D eigenvalue weighted by Gasteiger charge is 2.15. The fourth-order valence-electron chi connectivity index (χ4n) is 2.24. The van der Waals surface area contributed by atoms with Gasteiger partial charge in [0.15, 0.2) is 0 Å². The van der Waals surface area contributed by atoms with E-state index in [1.807, 2.05) is 6.07 Å². The summed E-state index contributed by atoms with van der Waals surface area (Å²) in [6.07, 6.45) is 7.94. The number of hydrogen-bond donors (Lipinski definition) is 2. The Morgan fingerprint density at radius 2 is 1.78 bits per heavy atom. The van der Waals surface area contributed by atoms with Gasteiger partial charge in [-0.3, -0.25) is 19.6 Å². The minimum atomic E-state index is -0.451. The number of rotatable bonds is 5. The van der Waals surface area contributed by atoms with E-state index in [0.29, 0.717) is 16.8 Å². The van der Waals surface area contributed by atoms with Crippen LogP contribution in [-0.2, 0) is 4.79 Å². The lowest BCUT2D eigenvalue weighted by Gasteiger charge is -2.11. The lowest BCUT2D eigenvalue weighted by atomic mass is 10.2. The normalized spacial score (nSPS) is 10.9. The zero-order valence-corrected chi connectivity index (χ0v) is 15.7. The highest BCUT2D eigenvalue weighted by atomic mass is 79.9. The van der Waals surface area contributed by atoms with Crippen LogP contribution in [0.15, 0.2) is 83.5 Å². The van der Waals surface area contributed by atoms with Crippen LogP contribution in [0.3, 0.4) is 0 Å². The molecule has 0 aliphatic rings. The summed E-state index contributed by atoms with van der Waals surface area (Å²) >= 11 is 3.34. The highest BCUT2D eigenvalue weighted by molar-refractivity contribution is 9.10. The van der Waals surface area contributed by atoms with E-state index < -0.39 is 11.8 Å². The van der Waals surface area contributed by atoms with E-state index in [4.69, 9.17) is 0 Å². The Kier molecular flexibility index (Phi) is 6.06. The number of carbonyl (C=O) groups excluding carboxylic acids is 2. The summed E-state index contributed by atoms with van der Waals surface area (Å²) in [4.78, 5) is 33.2. The fraction of sp³-hybridized carbons (Fsp3) is 0. The number of nitrogens with zero attached hydrogens (tertiary/aromatic N) is 2. The van der Waals surface area contributed by atoms with Gasteiger partial charge in [0, 0.05) is 40.5 Å². The Morgan fingerprint density at radius 1 is 0.963 bits per heavy atom. The van der Waals surface area contributed by atoms with Gasteiger partial charge in [0.2, 0.25) is 0 Å². The molecule has 0 aliphatic carbocycles. The van der Waals surface area contributed by atoms with Crippen LogP contribution in [0.4, 0.5) is 5.69 Å². The summed E-state index contributed by atoms with van der Waals surface area (Å²) in [6, 6.07) is 13.8. The number of amides is 2. The number of nitrogens with one attached hydrogen (secondary N) is 2. The molecule has 2 N–H and O–H groups in total. The molecule has 0 spiro atoms. The Morgan fingerprint density at radius 3 is 2.48 bits per heavy atom. The van der Waals surface area contributed by atoms with Gasteiger partial charge >= 0.3 is 0 Å². The molecule has 3 aromatic rings.